The molecule has 1 aromatic rings. The van der Waals surface area contributed by atoms with Gasteiger partial charge in [0.2, 0.25) is 0 Å². The molecule has 0 spiro atoms. The summed E-state index contributed by atoms with van der Waals surface area (Å²) in [7, 11) is 0. The molecule has 112 valence electrons. The first-order valence-electron chi connectivity index (χ1n) is 7.06. The summed E-state index contributed by atoms with van der Waals surface area (Å²) in [6.07, 6.45) is 1.76. The van der Waals surface area contributed by atoms with Gasteiger partial charge in [-0.3, -0.25) is 0 Å². The zero-order valence-corrected chi connectivity index (χ0v) is 13.3. The number of nitrogens with one attached hydrogen (secondary N) is 1. The van der Waals surface area contributed by atoms with Gasteiger partial charge in [-0.15, -0.1) is 0 Å². The summed E-state index contributed by atoms with van der Waals surface area (Å²) >= 11 is 3.95. The van der Waals surface area contributed by atoms with Crippen LogP contribution < -0.4 is 5.32 Å². The van der Waals surface area contributed by atoms with Gasteiger partial charge in [-0.25, -0.2) is 8.78 Å². The van der Waals surface area contributed by atoms with E-state index < -0.39 is 11.6 Å². The van der Waals surface area contributed by atoms with E-state index in [1.165, 1.54) is 17.9 Å². The van der Waals surface area contributed by atoms with Gasteiger partial charge in [0.05, 0.1) is 0 Å². The van der Waals surface area contributed by atoms with Gasteiger partial charge in [0.25, 0.3) is 0 Å². The molecule has 20 heavy (non-hydrogen) atoms. The fourth-order valence-electron chi connectivity index (χ4n) is 2.39. The molecular weight excluding hydrogens is 296 g/mol. The second-order valence-electron chi connectivity index (χ2n) is 5.03. The van der Waals surface area contributed by atoms with Crippen LogP contribution in [-0.2, 0) is 6.42 Å². The van der Waals surface area contributed by atoms with Crippen LogP contribution in [-0.4, -0.2) is 35.1 Å². The number of hydrogen-bond acceptors (Lipinski definition) is 3. The molecule has 1 fully saturated rings. The van der Waals surface area contributed by atoms with Gasteiger partial charge in [0.1, 0.15) is 11.6 Å². The Morgan fingerprint density at radius 1 is 1.25 bits per heavy atom. The van der Waals surface area contributed by atoms with Crippen molar-refractivity contribution in [2.75, 3.05) is 23.8 Å². The average Bonchev–Trinajstić information content (AvgIpc) is 2.43. The normalized spacial score (nSPS) is 20.9. The van der Waals surface area contributed by atoms with Crippen LogP contribution in [0, 0.1) is 11.6 Å². The van der Waals surface area contributed by atoms with Crippen LogP contribution in [0.4, 0.5) is 8.78 Å². The molecular formula is C15H21F2NS2. The minimum Gasteiger partial charge on any atom is -0.313 e. The van der Waals surface area contributed by atoms with E-state index in [1.807, 2.05) is 23.5 Å². The lowest BCUT2D eigenvalue weighted by Gasteiger charge is -2.30. The molecule has 0 bridgehead atoms. The largest absolute Gasteiger partial charge is 0.313 e. The molecule has 1 aromatic carbocycles. The summed E-state index contributed by atoms with van der Waals surface area (Å²) < 4.78 is 26.6. The molecule has 1 saturated heterocycles. The van der Waals surface area contributed by atoms with Crippen molar-refractivity contribution in [3.8, 4) is 0 Å². The quantitative estimate of drug-likeness (QED) is 0.859. The first-order chi connectivity index (χ1) is 9.69. The maximum Gasteiger partial charge on any atom is 0.126 e. The van der Waals surface area contributed by atoms with Crippen LogP contribution in [0.2, 0.25) is 0 Å². The fourth-order valence-corrected chi connectivity index (χ4v) is 5.27. The van der Waals surface area contributed by atoms with Crippen LogP contribution in [0.1, 0.15) is 18.9 Å². The summed E-state index contributed by atoms with van der Waals surface area (Å²) in [6.45, 7) is 3.08. The highest BCUT2D eigenvalue weighted by Crippen LogP contribution is 2.28. The molecule has 0 aliphatic carbocycles. The Morgan fingerprint density at radius 3 is 2.60 bits per heavy atom. The minimum absolute atomic E-state index is 0.286. The first-order valence-corrected chi connectivity index (χ1v) is 9.27. The second kappa shape index (κ2) is 8.25. The molecule has 0 radical (unpaired) electrons. The van der Waals surface area contributed by atoms with Crippen molar-refractivity contribution in [3.05, 3.63) is 35.4 Å². The summed E-state index contributed by atoms with van der Waals surface area (Å²) in [5.41, 5.74) is 0.743. The van der Waals surface area contributed by atoms with Crippen LogP contribution in [0.5, 0.6) is 0 Å². The average molecular weight is 317 g/mol. The highest BCUT2D eigenvalue weighted by atomic mass is 32.2. The van der Waals surface area contributed by atoms with Crippen molar-refractivity contribution in [2.45, 2.75) is 31.1 Å². The lowest BCUT2D eigenvalue weighted by atomic mass is 10.0. The van der Waals surface area contributed by atoms with E-state index in [0.717, 1.165) is 36.1 Å². The molecule has 1 heterocycles. The van der Waals surface area contributed by atoms with Crippen LogP contribution in [0.3, 0.4) is 0 Å². The van der Waals surface area contributed by atoms with Gasteiger partial charge < -0.3 is 5.32 Å². The first kappa shape index (κ1) is 16.1. The number of halogens is 2. The fraction of sp³-hybridized carbons (Fsp3) is 0.600. The molecule has 1 aliphatic rings. The number of thioether (sulfide) groups is 2. The van der Waals surface area contributed by atoms with Crippen molar-refractivity contribution in [2.24, 2.45) is 0 Å². The Hall–Kier alpha value is -0.260. The summed E-state index contributed by atoms with van der Waals surface area (Å²) in [5.74, 6) is 2.51. The van der Waals surface area contributed by atoms with E-state index in [1.54, 1.807) is 0 Å². The van der Waals surface area contributed by atoms with Crippen LogP contribution in [0.25, 0.3) is 0 Å². The molecule has 1 nitrogen and oxygen atoms in total. The number of hydrogen-bond donors (Lipinski definition) is 1. The van der Waals surface area contributed by atoms with Gasteiger partial charge in [-0.1, -0.05) is 6.92 Å². The van der Waals surface area contributed by atoms with E-state index in [9.17, 15) is 8.78 Å². The lowest BCUT2D eigenvalue weighted by molar-refractivity contribution is 0.501. The summed E-state index contributed by atoms with van der Waals surface area (Å²) in [4.78, 5) is 0. The van der Waals surface area contributed by atoms with Gasteiger partial charge in [0, 0.05) is 34.6 Å². The van der Waals surface area contributed by atoms with E-state index in [2.05, 4.69) is 12.2 Å². The Balaban J connectivity index is 2.05. The van der Waals surface area contributed by atoms with Crippen molar-refractivity contribution < 1.29 is 8.78 Å². The molecule has 0 amide bonds. The molecule has 1 aliphatic heterocycles. The lowest BCUT2D eigenvalue weighted by Crippen LogP contribution is -2.43. The predicted octanol–water partition coefficient (Wildman–Crippen LogP) is 3.72. The molecule has 2 atom stereocenters. The maximum atomic E-state index is 13.3. The standard InChI is InChI=1S/C15H21F2NS2/c1-2-3-18-14(15-10-19-4-5-20-15)8-11-6-12(16)9-13(17)7-11/h6-7,9,14-15,18H,2-5,8,10H2,1H3. The number of benzene rings is 1. The Labute approximate surface area is 128 Å². The van der Waals surface area contributed by atoms with Crippen molar-refractivity contribution in [1.82, 2.24) is 5.32 Å². The topological polar surface area (TPSA) is 12.0 Å². The van der Waals surface area contributed by atoms with Crippen LogP contribution in [0.15, 0.2) is 18.2 Å². The Morgan fingerprint density at radius 2 is 2.00 bits per heavy atom. The van der Waals surface area contributed by atoms with Gasteiger partial charge in [-0.05, 0) is 37.1 Å². The predicted molar refractivity (Wildman–Crippen MR) is 85.7 cm³/mol. The van der Waals surface area contributed by atoms with Gasteiger partial charge in [0.15, 0.2) is 0 Å². The second-order valence-corrected chi connectivity index (χ2v) is 7.52. The molecule has 2 rings (SSSR count). The van der Waals surface area contributed by atoms with Crippen molar-refractivity contribution in [3.63, 3.8) is 0 Å². The molecule has 0 aromatic heterocycles. The zero-order chi connectivity index (χ0) is 14.4. The van der Waals surface area contributed by atoms with E-state index in [4.69, 9.17) is 0 Å². The Kier molecular flexibility index (Phi) is 6.65. The Bertz CT molecular complexity index is 402. The third-order valence-electron chi connectivity index (χ3n) is 3.32. The van der Waals surface area contributed by atoms with Gasteiger partial charge in [-0.2, -0.15) is 23.5 Å². The van der Waals surface area contributed by atoms with Gasteiger partial charge >= 0.3 is 0 Å². The monoisotopic (exact) mass is 317 g/mol. The zero-order valence-electron chi connectivity index (χ0n) is 11.7. The molecule has 5 heteroatoms. The third kappa shape index (κ3) is 4.93. The summed E-state index contributed by atoms with van der Waals surface area (Å²) in [5, 5.41) is 4.07. The van der Waals surface area contributed by atoms with Crippen LogP contribution >= 0.6 is 23.5 Å². The van der Waals surface area contributed by atoms with Crippen molar-refractivity contribution in [1.29, 1.82) is 0 Å². The minimum atomic E-state index is -0.486. The number of rotatable bonds is 6. The third-order valence-corrected chi connectivity index (χ3v) is 6.25. The molecule has 0 saturated carbocycles. The summed E-state index contributed by atoms with van der Waals surface area (Å²) in [6, 6.07) is 4.12. The molecule has 1 N–H and O–H groups in total. The van der Waals surface area contributed by atoms with E-state index >= 15 is 0 Å². The molecule has 2 unspecified atom stereocenters. The SMILES string of the molecule is CCCNC(Cc1cc(F)cc(F)c1)C1CSCCS1. The van der Waals surface area contributed by atoms with Crippen molar-refractivity contribution >= 4 is 23.5 Å². The smallest absolute Gasteiger partial charge is 0.126 e. The maximum absolute atomic E-state index is 13.3. The highest BCUT2D eigenvalue weighted by Gasteiger charge is 2.24. The van der Waals surface area contributed by atoms with E-state index in [-0.39, 0.29) is 6.04 Å². The highest BCUT2D eigenvalue weighted by molar-refractivity contribution is 8.06. The van der Waals surface area contributed by atoms with E-state index in [0.29, 0.717) is 11.7 Å².